The maximum Gasteiger partial charge on any atom is 0.283 e. The average molecular weight is 450 g/mol. The number of hydrogen-bond acceptors (Lipinski definition) is 2. The Labute approximate surface area is 172 Å². The largest absolute Gasteiger partial charge is 0.338 e. The molecule has 3 rings (SSSR count). The Morgan fingerprint density at radius 2 is 1.86 bits per heavy atom. The van der Waals surface area contributed by atoms with Gasteiger partial charge in [-0.05, 0) is 31.0 Å². The first-order valence-corrected chi connectivity index (χ1v) is 12.8. The van der Waals surface area contributed by atoms with E-state index in [-0.39, 0.29) is 6.04 Å². The summed E-state index contributed by atoms with van der Waals surface area (Å²) in [5.41, 5.74) is -1.46. The van der Waals surface area contributed by atoms with Crippen molar-refractivity contribution in [3.63, 3.8) is 0 Å². The zero-order valence-electron chi connectivity index (χ0n) is 15.6. The van der Waals surface area contributed by atoms with Gasteiger partial charge < -0.3 is 4.90 Å². The predicted molar refractivity (Wildman–Crippen MR) is 106 cm³/mol. The van der Waals surface area contributed by atoms with E-state index in [1.807, 2.05) is 25.2 Å². The molecule has 1 fully saturated rings. The molecule has 1 aromatic carbocycles. The maximum absolute atomic E-state index is 14.4. The van der Waals surface area contributed by atoms with Crippen LogP contribution in [0.5, 0.6) is 0 Å². The Hall–Kier alpha value is -1.51. The number of benzene rings is 1. The van der Waals surface area contributed by atoms with Gasteiger partial charge in [0.1, 0.15) is 19.3 Å². The Morgan fingerprint density at radius 1 is 1.29 bits per heavy atom. The minimum atomic E-state index is -3.03. The van der Waals surface area contributed by atoms with Crippen LogP contribution in [0.3, 0.4) is 0 Å². The van der Waals surface area contributed by atoms with E-state index >= 15 is 0 Å². The molecule has 1 aromatic heterocycles. The third-order valence-electron chi connectivity index (χ3n) is 4.88. The minimum absolute atomic E-state index is 0.0842. The van der Waals surface area contributed by atoms with Gasteiger partial charge in [-0.1, -0.05) is 41.5 Å². The van der Waals surface area contributed by atoms with E-state index in [0.29, 0.717) is 20.9 Å². The SMILES string of the molecule is Cn1nc(C(F)F)c(C(=O)N(C[Si](C)(C)c2cc(Cl)cc(Cl)c2)C2CC2)c1F. The van der Waals surface area contributed by atoms with Crippen LogP contribution in [0.1, 0.15) is 35.3 Å². The number of carbonyl (C=O) groups is 1. The molecular weight excluding hydrogens is 430 g/mol. The zero-order valence-corrected chi connectivity index (χ0v) is 18.2. The van der Waals surface area contributed by atoms with Gasteiger partial charge in [0.25, 0.3) is 12.3 Å². The van der Waals surface area contributed by atoms with Crippen molar-refractivity contribution in [1.82, 2.24) is 14.7 Å². The van der Waals surface area contributed by atoms with Crippen LogP contribution in [-0.4, -0.2) is 40.9 Å². The van der Waals surface area contributed by atoms with E-state index in [0.717, 1.165) is 18.0 Å². The van der Waals surface area contributed by atoms with Gasteiger partial charge in [-0.15, -0.1) is 0 Å². The summed E-state index contributed by atoms with van der Waals surface area (Å²) in [6.45, 7) is 4.07. The molecule has 1 saturated carbocycles. The molecule has 0 atom stereocenters. The van der Waals surface area contributed by atoms with Gasteiger partial charge in [0, 0.05) is 29.3 Å². The van der Waals surface area contributed by atoms with Gasteiger partial charge in [0.2, 0.25) is 5.95 Å². The number of aryl methyl sites for hydroxylation is 1. The van der Waals surface area contributed by atoms with E-state index in [2.05, 4.69) is 5.10 Å². The topological polar surface area (TPSA) is 38.1 Å². The van der Waals surface area contributed by atoms with Crippen molar-refractivity contribution in [3.05, 3.63) is 45.4 Å². The highest BCUT2D eigenvalue weighted by atomic mass is 35.5. The number of alkyl halides is 2. The summed E-state index contributed by atoms with van der Waals surface area (Å²) in [4.78, 5) is 14.6. The molecule has 1 amide bonds. The van der Waals surface area contributed by atoms with Crippen LogP contribution in [0.15, 0.2) is 18.2 Å². The summed E-state index contributed by atoms with van der Waals surface area (Å²) < 4.78 is 41.8. The van der Waals surface area contributed by atoms with E-state index in [4.69, 9.17) is 23.2 Å². The molecule has 1 heterocycles. The normalized spacial score (nSPS) is 14.6. The molecule has 4 nitrogen and oxygen atoms in total. The third kappa shape index (κ3) is 4.23. The van der Waals surface area contributed by atoms with E-state index < -0.39 is 37.6 Å². The number of carbonyl (C=O) groups excluding carboxylic acids is 1. The average Bonchev–Trinajstić information content (AvgIpc) is 3.38. The second-order valence-electron chi connectivity index (χ2n) is 7.68. The first-order chi connectivity index (χ1) is 13.0. The van der Waals surface area contributed by atoms with E-state index in [9.17, 15) is 18.0 Å². The summed E-state index contributed by atoms with van der Waals surface area (Å²) >= 11 is 12.2. The van der Waals surface area contributed by atoms with Crippen LogP contribution in [-0.2, 0) is 7.05 Å². The highest BCUT2D eigenvalue weighted by Gasteiger charge is 2.41. The summed E-state index contributed by atoms with van der Waals surface area (Å²) in [7, 11) is -1.08. The van der Waals surface area contributed by atoms with Gasteiger partial charge in [-0.3, -0.25) is 4.79 Å². The summed E-state index contributed by atoms with van der Waals surface area (Å²) in [6.07, 6.45) is -1.17. The molecule has 0 saturated heterocycles. The highest BCUT2D eigenvalue weighted by molar-refractivity contribution is 6.90. The monoisotopic (exact) mass is 449 g/mol. The lowest BCUT2D eigenvalue weighted by Gasteiger charge is -2.32. The molecule has 0 unspecified atom stereocenters. The van der Waals surface area contributed by atoms with E-state index in [1.54, 1.807) is 6.07 Å². The highest BCUT2D eigenvalue weighted by Crippen LogP contribution is 2.32. The number of hydrogen-bond donors (Lipinski definition) is 0. The molecule has 0 N–H and O–H groups in total. The van der Waals surface area contributed by atoms with Crippen LogP contribution in [0, 0.1) is 5.95 Å². The van der Waals surface area contributed by atoms with Crippen molar-refractivity contribution >= 4 is 42.4 Å². The van der Waals surface area contributed by atoms with Gasteiger partial charge in [0.05, 0.1) is 0 Å². The first kappa shape index (κ1) is 21.2. The van der Waals surface area contributed by atoms with Gasteiger partial charge in [-0.25, -0.2) is 13.5 Å². The molecule has 152 valence electrons. The Morgan fingerprint density at radius 3 is 2.36 bits per heavy atom. The molecule has 1 aliphatic carbocycles. The van der Waals surface area contributed by atoms with Crippen LogP contribution in [0.25, 0.3) is 0 Å². The summed E-state index contributed by atoms with van der Waals surface area (Å²) in [5, 5.41) is 5.41. The van der Waals surface area contributed by atoms with Crippen LogP contribution >= 0.6 is 23.2 Å². The molecule has 0 radical (unpaired) electrons. The zero-order chi connectivity index (χ0) is 20.8. The van der Waals surface area contributed by atoms with Crippen molar-refractivity contribution in [2.24, 2.45) is 7.05 Å². The van der Waals surface area contributed by atoms with Crippen molar-refractivity contribution in [3.8, 4) is 0 Å². The standard InChI is InChI=1S/C18H20Cl2F3N3OSi/c1-25-17(23)14(15(24-25)16(21)22)18(27)26(12-4-5-12)9-28(2,3)13-7-10(19)6-11(20)8-13/h6-8,12,16H,4-5,9H2,1-3H3. The summed E-state index contributed by atoms with van der Waals surface area (Å²) in [5.74, 6) is -1.78. The molecule has 0 spiro atoms. The number of amides is 1. The molecule has 0 bridgehead atoms. The number of halogens is 5. The first-order valence-electron chi connectivity index (χ1n) is 8.79. The van der Waals surface area contributed by atoms with Gasteiger partial charge in [-0.2, -0.15) is 9.49 Å². The maximum atomic E-state index is 14.4. The van der Waals surface area contributed by atoms with E-state index in [1.165, 1.54) is 11.9 Å². The molecule has 10 heteroatoms. The lowest BCUT2D eigenvalue weighted by molar-refractivity contribution is 0.0751. The van der Waals surface area contributed by atoms with Crippen molar-refractivity contribution in [1.29, 1.82) is 0 Å². The lowest BCUT2D eigenvalue weighted by Crippen LogP contribution is -2.54. The van der Waals surface area contributed by atoms with Gasteiger partial charge >= 0.3 is 0 Å². The third-order valence-corrected chi connectivity index (χ3v) is 8.30. The van der Waals surface area contributed by atoms with Crippen molar-refractivity contribution in [2.75, 3.05) is 6.17 Å². The molecule has 0 aliphatic heterocycles. The fourth-order valence-corrected chi connectivity index (χ4v) is 6.47. The lowest BCUT2D eigenvalue weighted by atomic mass is 10.2. The Kier molecular flexibility index (Phi) is 5.85. The van der Waals surface area contributed by atoms with Crippen LogP contribution in [0.2, 0.25) is 23.1 Å². The smallest absolute Gasteiger partial charge is 0.283 e. The Balaban J connectivity index is 1.96. The fourth-order valence-electron chi connectivity index (χ4n) is 3.23. The number of aromatic nitrogens is 2. The van der Waals surface area contributed by atoms with Crippen LogP contribution < -0.4 is 5.19 Å². The molecule has 28 heavy (non-hydrogen) atoms. The molecular formula is C18H20Cl2F3N3OSi. The second-order valence-corrected chi connectivity index (χ2v) is 13.2. The Bertz CT molecular complexity index is 895. The number of rotatable bonds is 6. The van der Waals surface area contributed by atoms with Crippen LogP contribution in [0.4, 0.5) is 13.2 Å². The van der Waals surface area contributed by atoms with Crippen molar-refractivity contribution < 1.29 is 18.0 Å². The fraction of sp³-hybridized carbons (Fsp3) is 0.444. The number of nitrogens with zero attached hydrogens (tertiary/aromatic N) is 3. The molecule has 2 aromatic rings. The van der Waals surface area contributed by atoms with Crippen molar-refractivity contribution in [2.45, 2.75) is 38.4 Å². The summed E-state index contributed by atoms with van der Waals surface area (Å²) in [6, 6.07) is 5.16. The second kappa shape index (κ2) is 7.72. The minimum Gasteiger partial charge on any atom is -0.338 e. The quantitative estimate of drug-likeness (QED) is 0.606. The predicted octanol–water partition coefficient (Wildman–Crippen LogP) is 4.56. The molecule has 1 aliphatic rings. The van der Waals surface area contributed by atoms with Gasteiger partial charge in [0.15, 0.2) is 0 Å².